The second-order valence-electron chi connectivity index (χ2n) is 6.14. The van der Waals surface area contributed by atoms with Crippen LogP contribution in [0.4, 0.5) is 0 Å². The number of benzene rings is 2. The van der Waals surface area contributed by atoms with Gasteiger partial charge >= 0.3 is 11.9 Å². The van der Waals surface area contributed by atoms with Crippen LogP contribution in [0.3, 0.4) is 0 Å². The second kappa shape index (κ2) is 9.87. The summed E-state index contributed by atoms with van der Waals surface area (Å²) in [7, 11) is 0. The van der Waals surface area contributed by atoms with Crippen LogP contribution in [0.2, 0.25) is 0 Å². The molecular weight excluding hydrogens is 396 g/mol. The van der Waals surface area contributed by atoms with Gasteiger partial charge in [0.15, 0.2) is 11.6 Å². The maximum absolute atomic E-state index is 12.2. The number of ether oxygens (including phenoxy) is 1. The summed E-state index contributed by atoms with van der Waals surface area (Å²) in [6, 6.07) is 12.0. The van der Waals surface area contributed by atoms with Gasteiger partial charge in [-0.3, -0.25) is 19.2 Å². The highest BCUT2D eigenvalue weighted by molar-refractivity contribution is 6.38. The number of Topliss-reactive ketones (excluding diaryl/α,β-unsaturated/α-hetero) is 4. The molecule has 0 heterocycles. The lowest BCUT2D eigenvalue weighted by Crippen LogP contribution is -2.17. The van der Waals surface area contributed by atoms with Gasteiger partial charge in [0, 0.05) is 5.56 Å². The molecule has 0 amide bonds. The summed E-state index contributed by atoms with van der Waals surface area (Å²) >= 11 is 0. The minimum absolute atomic E-state index is 0.000300. The maximum atomic E-state index is 12.2. The summed E-state index contributed by atoms with van der Waals surface area (Å²) in [4.78, 5) is 67.6. The van der Waals surface area contributed by atoms with Crippen molar-refractivity contribution < 1.29 is 43.7 Å². The molecule has 0 radical (unpaired) electrons. The number of rotatable bonds is 11. The van der Waals surface area contributed by atoms with E-state index in [2.05, 4.69) is 0 Å². The first kappa shape index (κ1) is 22.2. The molecule has 0 saturated carbocycles. The van der Waals surface area contributed by atoms with Crippen molar-refractivity contribution in [3.05, 3.63) is 65.2 Å². The van der Waals surface area contributed by atoms with E-state index in [0.29, 0.717) is 5.56 Å². The molecule has 2 rings (SSSR count). The first-order valence-electron chi connectivity index (χ1n) is 8.58. The molecule has 0 spiro atoms. The molecule has 0 aliphatic rings. The maximum Gasteiger partial charge on any atom is 0.372 e. The van der Waals surface area contributed by atoms with Gasteiger partial charge < -0.3 is 14.9 Å². The van der Waals surface area contributed by atoms with Gasteiger partial charge in [0.2, 0.25) is 11.6 Å². The van der Waals surface area contributed by atoms with E-state index in [1.54, 1.807) is 12.1 Å². The Bertz CT molecular complexity index is 1020. The normalized spacial score (nSPS) is 10.1. The molecular formula is C21H16O9. The molecule has 0 fully saturated rings. The summed E-state index contributed by atoms with van der Waals surface area (Å²) in [5.41, 5.74) is 0.835. The molecule has 9 nitrogen and oxygen atoms in total. The van der Waals surface area contributed by atoms with Crippen LogP contribution in [-0.2, 0) is 25.8 Å². The van der Waals surface area contributed by atoms with Crippen LogP contribution in [0.15, 0.2) is 48.5 Å². The molecule has 154 valence electrons. The van der Waals surface area contributed by atoms with E-state index >= 15 is 0 Å². The topological polar surface area (TPSA) is 152 Å². The molecule has 0 unspecified atom stereocenters. The second-order valence-corrected chi connectivity index (χ2v) is 6.14. The average molecular weight is 412 g/mol. The van der Waals surface area contributed by atoms with Gasteiger partial charge in [-0.15, -0.1) is 0 Å². The summed E-state index contributed by atoms with van der Waals surface area (Å²) < 4.78 is 5.59. The van der Waals surface area contributed by atoms with Crippen molar-refractivity contribution >= 4 is 35.1 Å². The Hall–Kier alpha value is -4.14. The Morgan fingerprint density at radius 3 is 1.80 bits per heavy atom. The minimum atomic E-state index is -1.69. The molecule has 2 N–H and O–H groups in total. The largest absolute Gasteiger partial charge is 0.488 e. The molecule has 0 aliphatic carbocycles. The lowest BCUT2D eigenvalue weighted by atomic mass is 10.0. The van der Waals surface area contributed by atoms with Gasteiger partial charge in [0.1, 0.15) is 12.4 Å². The van der Waals surface area contributed by atoms with Crippen molar-refractivity contribution in [1.29, 1.82) is 0 Å². The fourth-order valence-corrected chi connectivity index (χ4v) is 2.41. The molecule has 2 aromatic rings. The van der Waals surface area contributed by atoms with Crippen LogP contribution >= 0.6 is 0 Å². The summed E-state index contributed by atoms with van der Waals surface area (Å²) in [5.74, 6) is -6.96. The smallest absolute Gasteiger partial charge is 0.372 e. The zero-order valence-corrected chi connectivity index (χ0v) is 15.5. The van der Waals surface area contributed by atoms with E-state index in [0.717, 1.165) is 0 Å². The minimum Gasteiger partial charge on any atom is -0.488 e. The van der Waals surface area contributed by atoms with Crippen LogP contribution in [-0.4, -0.2) is 45.3 Å². The third kappa shape index (κ3) is 5.93. The Balaban J connectivity index is 2.04. The Labute approximate surface area is 169 Å². The van der Waals surface area contributed by atoms with Crippen LogP contribution in [0.25, 0.3) is 0 Å². The van der Waals surface area contributed by atoms with E-state index in [1.807, 2.05) is 0 Å². The number of carbonyl (C=O) groups excluding carboxylic acids is 4. The summed E-state index contributed by atoms with van der Waals surface area (Å²) in [6.07, 6.45) is -1.53. The van der Waals surface area contributed by atoms with Crippen molar-refractivity contribution in [3.63, 3.8) is 0 Å². The number of ketones is 4. The number of hydrogen-bond acceptors (Lipinski definition) is 7. The molecule has 0 bridgehead atoms. The van der Waals surface area contributed by atoms with Crippen LogP contribution in [0.5, 0.6) is 5.75 Å². The lowest BCUT2D eigenvalue weighted by molar-refractivity contribution is -0.148. The first-order valence-corrected chi connectivity index (χ1v) is 8.58. The molecule has 0 aliphatic heterocycles. The number of carbonyl (C=O) groups is 6. The van der Waals surface area contributed by atoms with Crippen molar-refractivity contribution in [2.24, 2.45) is 0 Å². The summed E-state index contributed by atoms with van der Waals surface area (Å²) in [5, 5.41) is 17.2. The Morgan fingerprint density at radius 2 is 1.23 bits per heavy atom. The van der Waals surface area contributed by atoms with Gasteiger partial charge in [-0.25, -0.2) is 9.59 Å². The SMILES string of the molecule is O=C(O)C(=O)CC(=O)c1ccc(COc2ccccc2C(=O)CC(=O)C(=O)O)cc1. The predicted molar refractivity (Wildman–Crippen MR) is 100 cm³/mol. The number of carboxylic acids is 2. The van der Waals surface area contributed by atoms with Gasteiger partial charge in [-0.05, 0) is 17.7 Å². The summed E-state index contributed by atoms with van der Waals surface area (Å²) in [6.45, 7) is -0.000300. The zero-order chi connectivity index (χ0) is 22.3. The monoisotopic (exact) mass is 412 g/mol. The van der Waals surface area contributed by atoms with Crippen molar-refractivity contribution in [2.45, 2.75) is 19.4 Å². The van der Waals surface area contributed by atoms with Crippen LogP contribution in [0.1, 0.15) is 39.1 Å². The number of carboxylic acid groups (broad SMARTS) is 2. The molecule has 0 saturated heterocycles. The highest BCUT2D eigenvalue weighted by Gasteiger charge is 2.21. The van der Waals surface area contributed by atoms with Crippen LogP contribution < -0.4 is 4.74 Å². The highest BCUT2D eigenvalue weighted by atomic mass is 16.5. The van der Waals surface area contributed by atoms with Gasteiger partial charge in [-0.2, -0.15) is 0 Å². The highest BCUT2D eigenvalue weighted by Crippen LogP contribution is 2.21. The van der Waals surface area contributed by atoms with Gasteiger partial charge in [0.05, 0.1) is 18.4 Å². The fourth-order valence-electron chi connectivity index (χ4n) is 2.41. The molecule has 30 heavy (non-hydrogen) atoms. The van der Waals surface area contributed by atoms with E-state index in [-0.39, 0.29) is 23.5 Å². The molecule has 9 heteroatoms. The Morgan fingerprint density at radius 1 is 0.700 bits per heavy atom. The van der Waals surface area contributed by atoms with Gasteiger partial charge in [0.25, 0.3) is 0 Å². The zero-order valence-electron chi connectivity index (χ0n) is 15.5. The third-order valence-corrected chi connectivity index (χ3v) is 3.98. The number of aliphatic carboxylic acids is 2. The third-order valence-electron chi connectivity index (χ3n) is 3.98. The number of para-hydroxylation sites is 1. The Kier molecular flexibility index (Phi) is 7.29. The van der Waals surface area contributed by atoms with E-state index < -0.39 is 47.9 Å². The van der Waals surface area contributed by atoms with E-state index in [1.165, 1.54) is 36.4 Å². The standard InChI is InChI=1S/C21H16O9/c22-15(9-17(24)20(26)27)13-7-5-12(6-8-13)11-30-19-4-2-1-3-14(19)16(23)10-18(25)21(28)29/h1-8H,9-11H2,(H,26,27)(H,28,29). The molecule has 0 aromatic heterocycles. The van der Waals surface area contributed by atoms with Crippen LogP contribution in [0, 0.1) is 0 Å². The number of hydrogen-bond donors (Lipinski definition) is 2. The van der Waals surface area contributed by atoms with E-state index in [4.69, 9.17) is 14.9 Å². The predicted octanol–water partition coefficient (Wildman–Crippen LogP) is 1.72. The molecule has 0 atom stereocenters. The fraction of sp³-hybridized carbons (Fsp3) is 0.143. The first-order chi connectivity index (χ1) is 14.2. The molecule has 2 aromatic carbocycles. The van der Waals surface area contributed by atoms with Crippen molar-refractivity contribution in [3.8, 4) is 5.75 Å². The lowest BCUT2D eigenvalue weighted by Gasteiger charge is -2.11. The quantitative estimate of drug-likeness (QED) is 0.319. The van der Waals surface area contributed by atoms with E-state index in [9.17, 15) is 28.8 Å². The van der Waals surface area contributed by atoms with Gasteiger partial charge in [-0.1, -0.05) is 36.4 Å². The average Bonchev–Trinajstić information content (AvgIpc) is 2.72. The van der Waals surface area contributed by atoms with Crippen molar-refractivity contribution in [1.82, 2.24) is 0 Å². The van der Waals surface area contributed by atoms with Crippen molar-refractivity contribution in [2.75, 3.05) is 0 Å².